The zero-order valence-corrected chi connectivity index (χ0v) is 12.2. The molecule has 2 rings (SSSR count). The van der Waals surface area contributed by atoms with Gasteiger partial charge in [0.05, 0.1) is 13.2 Å². The molecule has 106 valence electrons. The minimum atomic E-state index is 0.311. The maximum Gasteiger partial charge on any atom is 0.237 e. The van der Waals surface area contributed by atoms with Gasteiger partial charge in [0.15, 0.2) is 5.15 Å². The summed E-state index contributed by atoms with van der Waals surface area (Å²) in [6, 6.07) is 1.82. The van der Waals surface area contributed by atoms with E-state index in [0.717, 1.165) is 38.4 Å². The SMILES string of the molecule is CC(C)c1cc(Cl)nnc1OCCN1CCOCC1. The third kappa shape index (κ3) is 4.30. The Kier molecular flexibility index (Phi) is 5.36. The van der Waals surface area contributed by atoms with Crippen LogP contribution in [-0.2, 0) is 4.74 Å². The third-order valence-electron chi connectivity index (χ3n) is 3.13. The van der Waals surface area contributed by atoms with Crippen LogP contribution >= 0.6 is 11.6 Å². The number of hydrogen-bond donors (Lipinski definition) is 0. The molecule has 0 aromatic carbocycles. The number of morpholine rings is 1. The van der Waals surface area contributed by atoms with Crippen LogP contribution in [0.5, 0.6) is 5.88 Å². The molecule has 0 amide bonds. The van der Waals surface area contributed by atoms with Crippen molar-refractivity contribution < 1.29 is 9.47 Å². The van der Waals surface area contributed by atoms with Gasteiger partial charge in [0.25, 0.3) is 0 Å². The molecule has 0 atom stereocenters. The van der Waals surface area contributed by atoms with Gasteiger partial charge in [-0.25, -0.2) is 0 Å². The van der Waals surface area contributed by atoms with E-state index < -0.39 is 0 Å². The molecule has 0 saturated carbocycles. The molecule has 1 saturated heterocycles. The quantitative estimate of drug-likeness (QED) is 0.828. The first kappa shape index (κ1) is 14.5. The summed E-state index contributed by atoms with van der Waals surface area (Å²) in [7, 11) is 0. The van der Waals surface area contributed by atoms with Crippen molar-refractivity contribution in [2.45, 2.75) is 19.8 Å². The van der Waals surface area contributed by atoms with Crippen LogP contribution in [0.2, 0.25) is 5.15 Å². The highest BCUT2D eigenvalue weighted by Crippen LogP contribution is 2.25. The first-order valence-electron chi connectivity index (χ1n) is 6.63. The molecule has 1 aromatic rings. The molecule has 0 N–H and O–H groups in total. The van der Waals surface area contributed by atoms with Crippen LogP contribution in [0, 0.1) is 0 Å². The van der Waals surface area contributed by atoms with Gasteiger partial charge >= 0.3 is 0 Å². The molecule has 5 nitrogen and oxygen atoms in total. The summed E-state index contributed by atoms with van der Waals surface area (Å²) in [5.41, 5.74) is 1.00. The molecule has 0 spiro atoms. The molecule has 1 aromatic heterocycles. The summed E-state index contributed by atoms with van der Waals surface area (Å²) in [4.78, 5) is 2.32. The number of rotatable bonds is 5. The van der Waals surface area contributed by atoms with Crippen molar-refractivity contribution in [1.82, 2.24) is 15.1 Å². The fourth-order valence-corrected chi connectivity index (χ4v) is 2.15. The maximum atomic E-state index is 5.87. The standard InChI is InChI=1S/C13H20ClN3O2/c1-10(2)11-9-12(14)15-16-13(11)19-8-5-17-3-6-18-7-4-17/h9-10H,3-8H2,1-2H3. The van der Waals surface area contributed by atoms with Gasteiger partial charge in [-0.15, -0.1) is 10.2 Å². The predicted molar refractivity (Wildman–Crippen MR) is 73.9 cm³/mol. The highest BCUT2D eigenvalue weighted by Gasteiger charge is 2.13. The molecular formula is C13H20ClN3O2. The second kappa shape index (κ2) is 7.03. The Balaban J connectivity index is 1.88. The number of halogens is 1. The molecule has 19 heavy (non-hydrogen) atoms. The molecule has 6 heteroatoms. The molecule has 2 heterocycles. The lowest BCUT2D eigenvalue weighted by molar-refractivity contribution is 0.0318. The highest BCUT2D eigenvalue weighted by molar-refractivity contribution is 6.29. The average Bonchev–Trinajstić information content (AvgIpc) is 2.41. The average molecular weight is 286 g/mol. The van der Waals surface area contributed by atoms with Gasteiger partial charge in [-0.05, 0) is 12.0 Å². The number of nitrogens with zero attached hydrogens (tertiary/aromatic N) is 3. The Morgan fingerprint density at radius 2 is 2.11 bits per heavy atom. The lowest BCUT2D eigenvalue weighted by Gasteiger charge is -2.26. The molecule has 0 bridgehead atoms. The summed E-state index contributed by atoms with van der Waals surface area (Å²) in [6.45, 7) is 9.20. The predicted octanol–water partition coefficient (Wildman–Crippen LogP) is 1.96. The minimum Gasteiger partial charge on any atom is -0.475 e. The summed E-state index contributed by atoms with van der Waals surface area (Å²) >= 11 is 5.87. The molecule has 1 fully saturated rings. The van der Waals surface area contributed by atoms with Crippen LogP contribution in [-0.4, -0.2) is 54.6 Å². The lowest BCUT2D eigenvalue weighted by atomic mass is 10.1. The van der Waals surface area contributed by atoms with E-state index in [1.54, 1.807) is 0 Å². The van der Waals surface area contributed by atoms with Gasteiger partial charge in [0, 0.05) is 25.2 Å². The lowest BCUT2D eigenvalue weighted by Crippen LogP contribution is -2.38. The zero-order valence-electron chi connectivity index (χ0n) is 11.4. The van der Waals surface area contributed by atoms with E-state index in [0.29, 0.717) is 23.6 Å². The smallest absolute Gasteiger partial charge is 0.237 e. The Morgan fingerprint density at radius 3 is 2.79 bits per heavy atom. The maximum absolute atomic E-state index is 5.87. The molecule has 0 aliphatic carbocycles. The van der Waals surface area contributed by atoms with E-state index in [1.165, 1.54) is 0 Å². The van der Waals surface area contributed by atoms with Gasteiger partial charge in [0.1, 0.15) is 6.61 Å². The van der Waals surface area contributed by atoms with E-state index in [2.05, 4.69) is 28.9 Å². The van der Waals surface area contributed by atoms with Crippen LogP contribution in [0.15, 0.2) is 6.07 Å². The van der Waals surface area contributed by atoms with Crippen LogP contribution in [0.1, 0.15) is 25.3 Å². The Bertz CT molecular complexity index is 409. The topological polar surface area (TPSA) is 47.5 Å². The fourth-order valence-electron chi connectivity index (χ4n) is 1.99. The van der Waals surface area contributed by atoms with Gasteiger partial charge in [-0.3, -0.25) is 4.90 Å². The summed E-state index contributed by atoms with van der Waals surface area (Å²) in [5, 5.41) is 8.29. The van der Waals surface area contributed by atoms with Crippen molar-refractivity contribution in [3.05, 3.63) is 16.8 Å². The second-order valence-corrected chi connectivity index (χ2v) is 5.27. The van der Waals surface area contributed by atoms with Crippen molar-refractivity contribution >= 4 is 11.6 Å². The van der Waals surface area contributed by atoms with E-state index in [-0.39, 0.29) is 0 Å². The monoisotopic (exact) mass is 285 g/mol. The molecular weight excluding hydrogens is 266 g/mol. The minimum absolute atomic E-state index is 0.311. The van der Waals surface area contributed by atoms with Crippen molar-refractivity contribution in [3.63, 3.8) is 0 Å². The highest BCUT2D eigenvalue weighted by atomic mass is 35.5. The van der Waals surface area contributed by atoms with Crippen LogP contribution in [0.4, 0.5) is 0 Å². The summed E-state index contributed by atoms with van der Waals surface area (Å²) in [5.74, 6) is 0.902. The van der Waals surface area contributed by atoms with Crippen LogP contribution in [0.25, 0.3) is 0 Å². The first-order chi connectivity index (χ1) is 9.16. The van der Waals surface area contributed by atoms with Crippen LogP contribution < -0.4 is 4.74 Å². The fraction of sp³-hybridized carbons (Fsp3) is 0.692. The van der Waals surface area contributed by atoms with Crippen molar-refractivity contribution in [2.24, 2.45) is 0 Å². The van der Waals surface area contributed by atoms with E-state index in [9.17, 15) is 0 Å². The molecule has 1 aliphatic rings. The Morgan fingerprint density at radius 1 is 1.37 bits per heavy atom. The number of ether oxygens (including phenoxy) is 2. The largest absolute Gasteiger partial charge is 0.475 e. The van der Waals surface area contributed by atoms with Crippen molar-refractivity contribution in [2.75, 3.05) is 39.5 Å². The van der Waals surface area contributed by atoms with Gasteiger partial charge in [-0.1, -0.05) is 25.4 Å². The van der Waals surface area contributed by atoms with E-state index >= 15 is 0 Å². The molecule has 0 unspecified atom stereocenters. The van der Waals surface area contributed by atoms with Crippen molar-refractivity contribution in [1.29, 1.82) is 0 Å². The van der Waals surface area contributed by atoms with Crippen LogP contribution in [0.3, 0.4) is 0 Å². The van der Waals surface area contributed by atoms with Crippen molar-refractivity contribution in [3.8, 4) is 5.88 Å². The summed E-state index contributed by atoms with van der Waals surface area (Å²) < 4.78 is 11.1. The summed E-state index contributed by atoms with van der Waals surface area (Å²) in [6.07, 6.45) is 0. The Labute approximate surface area is 118 Å². The van der Waals surface area contributed by atoms with E-state index in [4.69, 9.17) is 21.1 Å². The van der Waals surface area contributed by atoms with Gasteiger partial charge in [-0.2, -0.15) is 0 Å². The third-order valence-corrected chi connectivity index (χ3v) is 3.31. The number of aromatic nitrogens is 2. The van der Waals surface area contributed by atoms with E-state index in [1.807, 2.05) is 6.07 Å². The normalized spacial score (nSPS) is 16.8. The Hall–Kier alpha value is -0.910. The van der Waals surface area contributed by atoms with Gasteiger partial charge < -0.3 is 9.47 Å². The molecule has 0 radical (unpaired) electrons. The number of hydrogen-bond acceptors (Lipinski definition) is 5. The molecule has 1 aliphatic heterocycles. The van der Waals surface area contributed by atoms with Gasteiger partial charge in [0.2, 0.25) is 5.88 Å². The zero-order chi connectivity index (χ0) is 13.7. The first-order valence-corrected chi connectivity index (χ1v) is 7.00. The second-order valence-electron chi connectivity index (χ2n) is 4.88.